The number of hydrogen-bond donors (Lipinski definition) is 1. The second-order valence-electron chi connectivity index (χ2n) is 6.04. The zero-order valence-corrected chi connectivity index (χ0v) is 15.2. The molecule has 0 aliphatic rings. The van der Waals surface area contributed by atoms with E-state index in [0.717, 1.165) is 16.8 Å². The molecule has 0 saturated carbocycles. The SMILES string of the molecule is Cc1ccccc1CNC(=O)COC(=O)c1nn(-c2ccccc2)nc1C. The third-order valence-corrected chi connectivity index (χ3v) is 4.03. The lowest BCUT2D eigenvalue weighted by Gasteiger charge is -2.08. The normalized spacial score (nSPS) is 10.4. The molecule has 0 saturated heterocycles. The van der Waals surface area contributed by atoms with E-state index < -0.39 is 5.97 Å². The molecule has 1 heterocycles. The third-order valence-electron chi connectivity index (χ3n) is 4.03. The van der Waals surface area contributed by atoms with Gasteiger partial charge in [-0.15, -0.1) is 5.10 Å². The van der Waals surface area contributed by atoms with Crippen LogP contribution in [0, 0.1) is 13.8 Å². The number of carbonyl (C=O) groups excluding carboxylic acids is 2. The van der Waals surface area contributed by atoms with Gasteiger partial charge in [0.05, 0.1) is 11.4 Å². The Balaban J connectivity index is 1.55. The number of benzene rings is 2. The van der Waals surface area contributed by atoms with Gasteiger partial charge in [0.1, 0.15) is 0 Å². The van der Waals surface area contributed by atoms with E-state index in [2.05, 4.69) is 15.5 Å². The van der Waals surface area contributed by atoms with Crippen molar-refractivity contribution >= 4 is 11.9 Å². The van der Waals surface area contributed by atoms with Crippen LogP contribution in [0.4, 0.5) is 0 Å². The predicted molar refractivity (Wildman–Crippen MR) is 99.4 cm³/mol. The van der Waals surface area contributed by atoms with Gasteiger partial charge in [-0.1, -0.05) is 42.5 Å². The molecule has 138 valence electrons. The lowest BCUT2D eigenvalue weighted by molar-refractivity contribution is -0.124. The topological polar surface area (TPSA) is 86.1 Å². The summed E-state index contributed by atoms with van der Waals surface area (Å²) < 4.78 is 5.07. The third kappa shape index (κ3) is 4.58. The summed E-state index contributed by atoms with van der Waals surface area (Å²) in [5.74, 6) is -1.06. The molecule has 3 aromatic rings. The average molecular weight is 364 g/mol. The van der Waals surface area contributed by atoms with Crippen molar-refractivity contribution in [2.75, 3.05) is 6.61 Å². The van der Waals surface area contributed by atoms with Gasteiger partial charge in [-0.05, 0) is 37.1 Å². The Morgan fingerprint density at radius 3 is 2.44 bits per heavy atom. The molecular formula is C20H20N4O3. The number of esters is 1. The van der Waals surface area contributed by atoms with Crippen molar-refractivity contribution in [2.24, 2.45) is 0 Å². The van der Waals surface area contributed by atoms with Crippen LogP contribution in [0.5, 0.6) is 0 Å². The smallest absolute Gasteiger partial charge is 0.361 e. The van der Waals surface area contributed by atoms with Crippen molar-refractivity contribution in [1.29, 1.82) is 0 Å². The first-order chi connectivity index (χ1) is 13.0. The van der Waals surface area contributed by atoms with E-state index in [1.807, 2.05) is 61.5 Å². The van der Waals surface area contributed by atoms with E-state index in [-0.39, 0.29) is 18.2 Å². The monoisotopic (exact) mass is 364 g/mol. The largest absolute Gasteiger partial charge is 0.451 e. The minimum atomic E-state index is -0.680. The summed E-state index contributed by atoms with van der Waals surface area (Å²) in [6.07, 6.45) is 0. The number of amides is 1. The van der Waals surface area contributed by atoms with Gasteiger partial charge in [-0.2, -0.15) is 9.90 Å². The van der Waals surface area contributed by atoms with Gasteiger partial charge in [0.15, 0.2) is 12.3 Å². The summed E-state index contributed by atoms with van der Waals surface area (Å²) >= 11 is 0. The molecule has 1 N–H and O–H groups in total. The first-order valence-electron chi connectivity index (χ1n) is 8.52. The zero-order valence-electron chi connectivity index (χ0n) is 15.2. The van der Waals surface area contributed by atoms with E-state index >= 15 is 0 Å². The van der Waals surface area contributed by atoms with Gasteiger partial charge in [0.2, 0.25) is 0 Å². The van der Waals surface area contributed by atoms with E-state index in [9.17, 15) is 9.59 Å². The van der Waals surface area contributed by atoms with E-state index in [4.69, 9.17) is 4.74 Å². The van der Waals surface area contributed by atoms with Crippen LogP contribution < -0.4 is 5.32 Å². The Morgan fingerprint density at radius 2 is 1.70 bits per heavy atom. The molecule has 27 heavy (non-hydrogen) atoms. The molecule has 0 aliphatic carbocycles. The second-order valence-corrected chi connectivity index (χ2v) is 6.04. The number of aryl methyl sites for hydroxylation is 2. The van der Waals surface area contributed by atoms with Crippen molar-refractivity contribution in [3.05, 3.63) is 77.1 Å². The molecule has 1 aromatic heterocycles. The molecule has 0 atom stereocenters. The highest BCUT2D eigenvalue weighted by atomic mass is 16.5. The van der Waals surface area contributed by atoms with Crippen molar-refractivity contribution in [1.82, 2.24) is 20.3 Å². The summed E-state index contributed by atoms with van der Waals surface area (Å²) in [5.41, 5.74) is 3.35. The maximum atomic E-state index is 12.2. The van der Waals surface area contributed by atoms with Crippen molar-refractivity contribution in [3.63, 3.8) is 0 Å². The number of para-hydroxylation sites is 1. The number of rotatable bonds is 6. The predicted octanol–water partition coefficient (Wildman–Crippen LogP) is 2.36. The van der Waals surface area contributed by atoms with Gasteiger partial charge in [-0.25, -0.2) is 4.79 Å². The van der Waals surface area contributed by atoms with Crippen LogP contribution in [0.1, 0.15) is 27.3 Å². The van der Waals surface area contributed by atoms with Gasteiger partial charge >= 0.3 is 5.97 Å². The summed E-state index contributed by atoms with van der Waals surface area (Å²) in [6, 6.07) is 17.0. The summed E-state index contributed by atoms with van der Waals surface area (Å²) in [7, 11) is 0. The Bertz CT molecular complexity index is 951. The standard InChI is InChI=1S/C20H20N4O3/c1-14-8-6-7-9-16(14)12-21-18(25)13-27-20(26)19-15(2)22-24(23-19)17-10-4-3-5-11-17/h3-11H,12-13H2,1-2H3,(H,21,25). The Kier molecular flexibility index (Phi) is 5.61. The van der Waals surface area contributed by atoms with E-state index in [0.29, 0.717) is 12.2 Å². The first kappa shape index (κ1) is 18.3. The van der Waals surface area contributed by atoms with Crippen LogP contribution in [0.15, 0.2) is 54.6 Å². The van der Waals surface area contributed by atoms with Gasteiger partial charge in [0.25, 0.3) is 5.91 Å². The quantitative estimate of drug-likeness (QED) is 0.679. The Labute approximate surface area is 157 Å². The zero-order chi connectivity index (χ0) is 19.2. The molecule has 0 spiro atoms. The molecule has 3 rings (SSSR count). The minimum Gasteiger partial charge on any atom is -0.451 e. The lowest BCUT2D eigenvalue weighted by Crippen LogP contribution is -2.28. The van der Waals surface area contributed by atoms with E-state index in [1.54, 1.807) is 6.92 Å². The molecule has 2 aromatic carbocycles. The average Bonchev–Trinajstić information content (AvgIpc) is 3.08. The molecule has 0 bridgehead atoms. The van der Waals surface area contributed by atoms with Crippen molar-refractivity contribution < 1.29 is 14.3 Å². The lowest BCUT2D eigenvalue weighted by atomic mass is 10.1. The highest BCUT2D eigenvalue weighted by molar-refractivity contribution is 5.90. The number of aromatic nitrogens is 3. The van der Waals surface area contributed by atoms with Crippen molar-refractivity contribution in [3.8, 4) is 5.69 Å². The second kappa shape index (κ2) is 8.27. The number of carbonyl (C=O) groups is 2. The molecular weight excluding hydrogens is 344 g/mol. The molecule has 7 heteroatoms. The molecule has 0 fully saturated rings. The summed E-state index contributed by atoms with van der Waals surface area (Å²) in [4.78, 5) is 25.5. The number of nitrogens with one attached hydrogen (secondary N) is 1. The van der Waals surface area contributed by atoms with Gasteiger partial charge < -0.3 is 10.1 Å². The van der Waals surface area contributed by atoms with Crippen LogP contribution in [-0.2, 0) is 16.1 Å². The Hall–Kier alpha value is -3.48. The molecule has 0 aliphatic heterocycles. The Morgan fingerprint density at radius 1 is 1.00 bits per heavy atom. The summed E-state index contributed by atoms with van der Waals surface area (Å²) in [5, 5.41) is 11.1. The highest BCUT2D eigenvalue weighted by Crippen LogP contribution is 2.09. The molecule has 1 amide bonds. The van der Waals surface area contributed by atoms with E-state index in [1.165, 1.54) is 4.80 Å². The maximum absolute atomic E-state index is 12.2. The van der Waals surface area contributed by atoms with Crippen LogP contribution in [0.2, 0.25) is 0 Å². The van der Waals surface area contributed by atoms with Gasteiger partial charge in [0, 0.05) is 6.54 Å². The molecule has 0 radical (unpaired) electrons. The fourth-order valence-electron chi connectivity index (χ4n) is 2.50. The fraction of sp³-hybridized carbons (Fsp3) is 0.200. The summed E-state index contributed by atoms with van der Waals surface area (Å²) in [6.45, 7) is 3.65. The maximum Gasteiger partial charge on any atom is 0.361 e. The first-order valence-corrected chi connectivity index (χ1v) is 8.52. The van der Waals surface area contributed by atoms with Crippen LogP contribution in [-0.4, -0.2) is 33.5 Å². The van der Waals surface area contributed by atoms with Crippen molar-refractivity contribution in [2.45, 2.75) is 20.4 Å². The number of nitrogens with zero attached hydrogens (tertiary/aromatic N) is 3. The molecule has 7 nitrogen and oxygen atoms in total. The molecule has 0 unspecified atom stereocenters. The minimum absolute atomic E-state index is 0.0885. The van der Waals surface area contributed by atoms with Crippen LogP contribution >= 0.6 is 0 Å². The fourth-order valence-corrected chi connectivity index (χ4v) is 2.50. The van der Waals surface area contributed by atoms with Gasteiger partial charge in [-0.3, -0.25) is 4.79 Å². The highest BCUT2D eigenvalue weighted by Gasteiger charge is 2.19. The number of hydrogen-bond acceptors (Lipinski definition) is 5. The number of ether oxygens (including phenoxy) is 1. The van der Waals surface area contributed by atoms with Crippen LogP contribution in [0.3, 0.4) is 0 Å². The van der Waals surface area contributed by atoms with Crippen LogP contribution in [0.25, 0.3) is 5.69 Å².